The molecule has 0 bridgehead atoms. The summed E-state index contributed by atoms with van der Waals surface area (Å²) in [4.78, 5) is 48.9. The highest BCUT2D eigenvalue weighted by Gasteiger charge is 2.30. The molecule has 0 unspecified atom stereocenters. The number of ether oxygens (including phenoxy) is 1. The predicted molar refractivity (Wildman–Crippen MR) is 111 cm³/mol. The Balaban J connectivity index is 1.58. The number of benzene rings is 2. The number of carbonyl (C=O) groups is 4. The molecule has 1 N–H and O–H groups in total. The molecule has 29 heavy (non-hydrogen) atoms. The standard InChI is InChI=1S/C21H19BrN2O5/c1-12-10-17(13(2)9-16(12)22)23-18(25)11-29-21(28)14-3-5-15(6-4-14)24-19(26)7-8-20(24)27/h3-6,9-10H,7-8,11H2,1-2H3,(H,23,25). The van der Waals surface area contributed by atoms with Crippen molar-refractivity contribution >= 4 is 51.0 Å². The van der Waals surface area contributed by atoms with E-state index in [0.29, 0.717) is 11.4 Å². The fraction of sp³-hybridized carbons (Fsp3) is 0.238. The number of hydrogen-bond acceptors (Lipinski definition) is 5. The number of carbonyl (C=O) groups excluding carboxylic acids is 4. The van der Waals surface area contributed by atoms with Gasteiger partial charge in [0, 0.05) is 23.0 Å². The van der Waals surface area contributed by atoms with E-state index < -0.39 is 18.5 Å². The van der Waals surface area contributed by atoms with Crippen molar-refractivity contribution in [2.75, 3.05) is 16.8 Å². The summed E-state index contributed by atoms with van der Waals surface area (Å²) in [7, 11) is 0. The highest BCUT2D eigenvalue weighted by Crippen LogP contribution is 2.25. The number of hydrogen-bond donors (Lipinski definition) is 1. The lowest BCUT2D eigenvalue weighted by Crippen LogP contribution is -2.28. The third kappa shape index (κ3) is 4.71. The van der Waals surface area contributed by atoms with Crippen molar-refractivity contribution in [1.82, 2.24) is 0 Å². The average Bonchev–Trinajstić information content (AvgIpc) is 3.02. The minimum Gasteiger partial charge on any atom is -0.452 e. The van der Waals surface area contributed by atoms with E-state index in [4.69, 9.17) is 4.74 Å². The van der Waals surface area contributed by atoms with E-state index in [0.717, 1.165) is 20.5 Å². The summed E-state index contributed by atoms with van der Waals surface area (Å²) in [5.41, 5.74) is 3.13. The Hall–Kier alpha value is -3.00. The third-order valence-corrected chi connectivity index (χ3v) is 5.38. The Morgan fingerprint density at radius 3 is 2.28 bits per heavy atom. The van der Waals surface area contributed by atoms with Gasteiger partial charge in [0.15, 0.2) is 6.61 Å². The molecule has 8 heteroatoms. The number of halogens is 1. The van der Waals surface area contributed by atoms with Gasteiger partial charge >= 0.3 is 5.97 Å². The Bertz CT molecular complexity index is 985. The van der Waals surface area contributed by atoms with Crippen LogP contribution in [0.3, 0.4) is 0 Å². The molecular formula is C21H19BrN2O5. The maximum absolute atomic E-state index is 12.2. The molecule has 3 rings (SSSR count). The SMILES string of the molecule is Cc1cc(NC(=O)COC(=O)c2ccc(N3C(=O)CCC3=O)cc2)c(C)cc1Br. The molecule has 7 nitrogen and oxygen atoms in total. The summed E-state index contributed by atoms with van der Waals surface area (Å²) < 4.78 is 6.00. The number of aryl methyl sites for hydroxylation is 2. The number of amides is 3. The highest BCUT2D eigenvalue weighted by atomic mass is 79.9. The molecule has 1 aliphatic heterocycles. The first kappa shape index (κ1) is 20.7. The molecule has 1 saturated heterocycles. The molecule has 3 amide bonds. The van der Waals surface area contributed by atoms with Crippen LogP contribution < -0.4 is 10.2 Å². The molecule has 1 fully saturated rings. The van der Waals surface area contributed by atoms with E-state index in [9.17, 15) is 19.2 Å². The minimum atomic E-state index is -0.672. The zero-order chi connectivity index (χ0) is 21.1. The molecular weight excluding hydrogens is 440 g/mol. The summed E-state index contributed by atoms with van der Waals surface area (Å²) >= 11 is 3.43. The molecule has 0 atom stereocenters. The van der Waals surface area contributed by atoms with Crippen molar-refractivity contribution in [2.24, 2.45) is 0 Å². The van der Waals surface area contributed by atoms with Crippen molar-refractivity contribution in [1.29, 1.82) is 0 Å². The Labute approximate surface area is 176 Å². The number of nitrogens with zero attached hydrogens (tertiary/aromatic N) is 1. The Morgan fingerprint density at radius 2 is 1.66 bits per heavy atom. The molecule has 0 aromatic heterocycles. The van der Waals surface area contributed by atoms with Gasteiger partial charge in [-0.25, -0.2) is 4.79 Å². The second kappa shape index (κ2) is 8.57. The van der Waals surface area contributed by atoms with Crippen LogP contribution in [0.4, 0.5) is 11.4 Å². The summed E-state index contributed by atoms with van der Waals surface area (Å²) in [6.45, 7) is 3.34. The zero-order valence-electron chi connectivity index (χ0n) is 16.0. The van der Waals surface area contributed by atoms with Gasteiger partial charge in [-0.2, -0.15) is 0 Å². The molecule has 1 heterocycles. The van der Waals surface area contributed by atoms with Crippen LogP contribution in [-0.2, 0) is 19.1 Å². The molecule has 2 aromatic rings. The maximum atomic E-state index is 12.2. The number of anilines is 2. The number of esters is 1. The highest BCUT2D eigenvalue weighted by molar-refractivity contribution is 9.10. The molecule has 0 saturated carbocycles. The molecule has 0 aliphatic carbocycles. The van der Waals surface area contributed by atoms with E-state index in [2.05, 4.69) is 21.2 Å². The lowest BCUT2D eigenvalue weighted by molar-refractivity contribution is -0.121. The van der Waals surface area contributed by atoms with Crippen molar-refractivity contribution in [3.63, 3.8) is 0 Å². The second-order valence-corrected chi connectivity index (χ2v) is 7.56. The van der Waals surface area contributed by atoms with E-state index >= 15 is 0 Å². The number of imide groups is 1. The van der Waals surface area contributed by atoms with E-state index in [-0.39, 0.29) is 30.2 Å². The van der Waals surface area contributed by atoms with E-state index in [1.807, 2.05) is 26.0 Å². The molecule has 2 aromatic carbocycles. The summed E-state index contributed by atoms with van der Waals surface area (Å²) in [6.07, 6.45) is 0.379. The summed E-state index contributed by atoms with van der Waals surface area (Å²) in [6, 6.07) is 9.65. The molecule has 1 aliphatic rings. The van der Waals surface area contributed by atoms with Crippen molar-refractivity contribution < 1.29 is 23.9 Å². The van der Waals surface area contributed by atoms with Crippen LogP contribution in [0.5, 0.6) is 0 Å². The smallest absolute Gasteiger partial charge is 0.338 e. The van der Waals surface area contributed by atoms with Crippen LogP contribution in [0.25, 0.3) is 0 Å². The first-order valence-corrected chi connectivity index (χ1v) is 9.75. The van der Waals surface area contributed by atoms with Gasteiger partial charge in [0.05, 0.1) is 11.3 Å². The first-order chi connectivity index (χ1) is 13.8. The third-order valence-electron chi connectivity index (χ3n) is 4.53. The van der Waals surface area contributed by atoms with Crippen molar-refractivity contribution in [3.05, 3.63) is 57.6 Å². The first-order valence-electron chi connectivity index (χ1n) is 8.96. The zero-order valence-corrected chi connectivity index (χ0v) is 17.5. The summed E-state index contributed by atoms with van der Waals surface area (Å²) in [5.74, 6) is -1.65. The average molecular weight is 459 g/mol. The van der Waals surface area contributed by atoms with Crippen LogP contribution in [0.1, 0.15) is 34.3 Å². The van der Waals surface area contributed by atoms with Crippen LogP contribution >= 0.6 is 15.9 Å². The molecule has 0 radical (unpaired) electrons. The van der Waals surface area contributed by atoms with Gasteiger partial charge in [0.25, 0.3) is 5.91 Å². The molecule has 0 spiro atoms. The van der Waals surface area contributed by atoms with Gasteiger partial charge in [-0.15, -0.1) is 0 Å². The van der Waals surface area contributed by atoms with Gasteiger partial charge in [-0.05, 0) is 61.4 Å². The van der Waals surface area contributed by atoms with Crippen LogP contribution in [0, 0.1) is 13.8 Å². The summed E-state index contributed by atoms with van der Waals surface area (Å²) in [5, 5.41) is 2.72. The van der Waals surface area contributed by atoms with Crippen molar-refractivity contribution in [2.45, 2.75) is 26.7 Å². The lowest BCUT2D eigenvalue weighted by atomic mass is 10.1. The Kier molecular flexibility index (Phi) is 6.12. The van der Waals surface area contributed by atoms with Gasteiger partial charge in [-0.1, -0.05) is 15.9 Å². The molecule has 150 valence electrons. The van der Waals surface area contributed by atoms with Crippen LogP contribution in [-0.4, -0.2) is 30.3 Å². The van der Waals surface area contributed by atoms with Gasteiger partial charge < -0.3 is 10.1 Å². The van der Waals surface area contributed by atoms with Gasteiger partial charge in [0.2, 0.25) is 11.8 Å². The monoisotopic (exact) mass is 458 g/mol. The van der Waals surface area contributed by atoms with Gasteiger partial charge in [-0.3, -0.25) is 19.3 Å². The second-order valence-electron chi connectivity index (χ2n) is 6.71. The minimum absolute atomic E-state index is 0.190. The normalized spacial score (nSPS) is 13.6. The largest absolute Gasteiger partial charge is 0.452 e. The quantitative estimate of drug-likeness (QED) is 0.546. The number of nitrogens with one attached hydrogen (secondary N) is 1. The van der Waals surface area contributed by atoms with Crippen molar-refractivity contribution in [3.8, 4) is 0 Å². The number of rotatable bonds is 5. The fourth-order valence-corrected chi connectivity index (χ4v) is 3.39. The lowest BCUT2D eigenvalue weighted by Gasteiger charge is -2.14. The maximum Gasteiger partial charge on any atom is 0.338 e. The van der Waals surface area contributed by atoms with Gasteiger partial charge in [0.1, 0.15) is 0 Å². The van der Waals surface area contributed by atoms with Crippen LogP contribution in [0.2, 0.25) is 0 Å². The topological polar surface area (TPSA) is 92.8 Å². The van der Waals surface area contributed by atoms with E-state index in [1.165, 1.54) is 24.3 Å². The Morgan fingerprint density at radius 1 is 1.03 bits per heavy atom. The predicted octanol–water partition coefficient (Wildman–Crippen LogP) is 3.51. The van der Waals surface area contributed by atoms with E-state index in [1.54, 1.807) is 0 Å². The fourth-order valence-electron chi connectivity index (χ4n) is 2.93. The van der Waals surface area contributed by atoms with Crippen LogP contribution in [0.15, 0.2) is 40.9 Å².